The van der Waals surface area contributed by atoms with Crippen LogP contribution in [-0.2, 0) is 0 Å². The Hall–Kier alpha value is -2.36. The fourth-order valence-electron chi connectivity index (χ4n) is 3.68. The lowest BCUT2D eigenvalue weighted by atomic mass is 9.82. The largest absolute Gasteiger partial charge is 0.496 e. The smallest absolute Gasteiger partial charge is 0.166 e. The molecular formula is C22H24F2O2. The molecule has 0 amide bonds. The molecule has 26 heavy (non-hydrogen) atoms. The van der Waals surface area contributed by atoms with E-state index >= 15 is 0 Å². The Bertz CT molecular complexity index is 768. The van der Waals surface area contributed by atoms with Crippen LogP contribution in [0.2, 0.25) is 0 Å². The van der Waals surface area contributed by atoms with Gasteiger partial charge in [0.2, 0.25) is 0 Å². The van der Waals surface area contributed by atoms with Crippen molar-refractivity contribution in [2.45, 2.75) is 38.0 Å². The molecule has 2 aromatic carbocycles. The molecule has 3 rings (SSSR count). The molecule has 0 unspecified atom stereocenters. The molecule has 138 valence electrons. The van der Waals surface area contributed by atoms with E-state index in [1.165, 1.54) is 25.3 Å². The van der Waals surface area contributed by atoms with E-state index in [4.69, 9.17) is 9.47 Å². The fraction of sp³-hybridized carbons (Fsp3) is 0.364. The van der Waals surface area contributed by atoms with Crippen molar-refractivity contribution >= 4 is 12.2 Å². The van der Waals surface area contributed by atoms with Crippen molar-refractivity contribution in [3.63, 3.8) is 0 Å². The van der Waals surface area contributed by atoms with Crippen molar-refractivity contribution < 1.29 is 18.3 Å². The zero-order valence-electron chi connectivity index (χ0n) is 15.2. The standard InChI is InChI=1S/C22H24F2O2/c1-25-19-13-15(11-12-17-9-6-10-18(23)22(17)24)14-20(26-2)21(19)16-7-4-3-5-8-16/h6,9-14,16H,3-5,7-8H2,1-2H3/b12-11+. The van der Waals surface area contributed by atoms with Gasteiger partial charge in [-0.25, -0.2) is 8.78 Å². The van der Waals surface area contributed by atoms with Crippen LogP contribution in [0.15, 0.2) is 30.3 Å². The van der Waals surface area contributed by atoms with Crippen LogP contribution in [0.3, 0.4) is 0 Å². The van der Waals surface area contributed by atoms with Crippen molar-refractivity contribution in [2.75, 3.05) is 14.2 Å². The SMILES string of the molecule is COc1cc(/C=C/c2cccc(F)c2F)cc(OC)c1C1CCCCC1. The summed E-state index contributed by atoms with van der Waals surface area (Å²) in [5.74, 6) is 0.315. The molecule has 4 heteroatoms. The van der Waals surface area contributed by atoms with Gasteiger partial charge in [-0.15, -0.1) is 0 Å². The Kier molecular flexibility index (Phi) is 5.92. The first kappa shape index (κ1) is 18.4. The summed E-state index contributed by atoms with van der Waals surface area (Å²) in [4.78, 5) is 0. The van der Waals surface area contributed by atoms with E-state index in [2.05, 4.69) is 0 Å². The van der Waals surface area contributed by atoms with Crippen LogP contribution in [-0.4, -0.2) is 14.2 Å². The number of halogens is 2. The third-order valence-corrected chi connectivity index (χ3v) is 5.02. The molecule has 0 aromatic heterocycles. The highest BCUT2D eigenvalue weighted by molar-refractivity contribution is 5.72. The number of hydrogen-bond acceptors (Lipinski definition) is 2. The Balaban J connectivity index is 1.95. The average Bonchev–Trinajstić information content (AvgIpc) is 2.68. The second-order valence-electron chi connectivity index (χ2n) is 6.65. The van der Waals surface area contributed by atoms with E-state index in [1.807, 2.05) is 12.1 Å². The van der Waals surface area contributed by atoms with Gasteiger partial charge in [-0.2, -0.15) is 0 Å². The number of rotatable bonds is 5. The first-order chi connectivity index (χ1) is 12.6. The van der Waals surface area contributed by atoms with Crippen LogP contribution in [0.1, 0.15) is 54.7 Å². The minimum absolute atomic E-state index is 0.208. The number of ether oxygens (including phenoxy) is 2. The van der Waals surface area contributed by atoms with Gasteiger partial charge < -0.3 is 9.47 Å². The van der Waals surface area contributed by atoms with Gasteiger partial charge in [-0.05, 0) is 42.5 Å². The van der Waals surface area contributed by atoms with Crippen LogP contribution in [0.4, 0.5) is 8.78 Å². The molecule has 0 bridgehead atoms. The summed E-state index contributed by atoms with van der Waals surface area (Å²) >= 11 is 0. The Labute approximate surface area is 153 Å². The first-order valence-electron chi connectivity index (χ1n) is 9.02. The molecule has 1 aliphatic rings. The minimum atomic E-state index is -0.852. The zero-order chi connectivity index (χ0) is 18.5. The van der Waals surface area contributed by atoms with E-state index in [1.54, 1.807) is 32.4 Å². The van der Waals surface area contributed by atoms with Crippen LogP contribution in [0.5, 0.6) is 11.5 Å². The molecule has 2 aromatic rings. The second kappa shape index (κ2) is 8.35. The summed E-state index contributed by atoms with van der Waals surface area (Å²) in [5, 5.41) is 0. The molecule has 1 fully saturated rings. The molecule has 2 nitrogen and oxygen atoms in total. The van der Waals surface area contributed by atoms with Crippen LogP contribution in [0, 0.1) is 11.6 Å². The van der Waals surface area contributed by atoms with Gasteiger partial charge >= 0.3 is 0 Å². The highest BCUT2D eigenvalue weighted by Crippen LogP contribution is 2.43. The fourth-order valence-corrected chi connectivity index (χ4v) is 3.68. The zero-order valence-corrected chi connectivity index (χ0v) is 15.2. The predicted octanol–water partition coefficient (Wildman–Crippen LogP) is 6.20. The molecule has 1 aliphatic carbocycles. The minimum Gasteiger partial charge on any atom is -0.496 e. The summed E-state index contributed by atoms with van der Waals surface area (Å²) in [6.45, 7) is 0. The molecule has 1 saturated carbocycles. The van der Waals surface area contributed by atoms with E-state index in [-0.39, 0.29) is 5.56 Å². The topological polar surface area (TPSA) is 18.5 Å². The summed E-state index contributed by atoms with van der Waals surface area (Å²) in [6, 6.07) is 8.00. The molecule has 0 atom stereocenters. The highest BCUT2D eigenvalue weighted by Gasteiger charge is 2.23. The van der Waals surface area contributed by atoms with E-state index in [0.29, 0.717) is 5.92 Å². The molecule has 0 radical (unpaired) electrons. The molecule has 0 heterocycles. The molecule has 0 spiro atoms. The maximum absolute atomic E-state index is 13.8. The van der Waals surface area contributed by atoms with Gasteiger partial charge in [0.25, 0.3) is 0 Å². The summed E-state index contributed by atoms with van der Waals surface area (Å²) < 4.78 is 38.4. The van der Waals surface area contributed by atoms with Gasteiger partial charge in [0, 0.05) is 11.1 Å². The van der Waals surface area contributed by atoms with E-state index in [0.717, 1.165) is 41.5 Å². The molecular weight excluding hydrogens is 334 g/mol. The lowest BCUT2D eigenvalue weighted by Gasteiger charge is -2.26. The maximum atomic E-state index is 13.8. The Morgan fingerprint density at radius 1 is 0.923 bits per heavy atom. The van der Waals surface area contributed by atoms with E-state index < -0.39 is 11.6 Å². The van der Waals surface area contributed by atoms with Gasteiger partial charge in [0.1, 0.15) is 11.5 Å². The van der Waals surface area contributed by atoms with E-state index in [9.17, 15) is 8.78 Å². The maximum Gasteiger partial charge on any atom is 0.166 e. The summed E-state index contributed by atoms with van der Waals surface area (Å²) in [7, 11) is 3.31. The average molecular weight is 358 g/mol. The van der Waals surface area contributed by atoms with Crippen molar-refractivity contribution in [3.05, 3.63) is 58.7 Å². The third kappa shape index (κ3) is 3.90. The monoisotopic (exact) mass is 358 g/mol. The van der Waals surface area contributed by atoms with Gasteiger partial charge in [-0.1, -0.05) is 43.5 Å². The van der Waals surface area contributed by atoms with Crippen molar-refractivity contribution in [2.24, 2.45) is 0 Å². The van der Waals surface area contributed by atoms with Crippen LogP contribution < -0.4 is 9.47 Å². The van der Waals surface area contributed by atoms with Crippen molar-refractivity contribution in [3.8, 4) is 11.5 Å². The predicted molar refractivity (Wildman–Crippen MR) is 101 cm³/mol. The van der Waals surface area contributed by atoms with Crippen molar-refractivity contribution in [1.82, 2.24) is 0 Å². The highest BCUT2D eigenvalue weighted by atomic mass is 19.2. The molecule has 0 N–H and O–H groups in total. The number of benzene rings is 2. The van der Waals surface area contributed by atoms with Crippen molar-refractivity contribution in [1.29, 1.82) is 0 Å². The second-order valence-corrected chi connectivity index (χ2v) is 6.65. The Morgan fingerprint density at radius 2 is 1.58 bits per heavy atom. The van der Waals surface area contributed by atoms with Gasteiger partial charge in [0.05, 0.1) is 14.2 Å². The quantitative estimate of drug-likeness (QED) is 0.593. The van der Waals surface area contributed by atoms with Gasteiger partial charge in [-0.3, -0.25) is 0 Å². The summed E-state index contributed by atoms with van der Waals surface area (Å²) in [5.41, 5.74) is 2.14. The number of methoxy groups -OCH3 is 2. The third-order valence-electron chi connectivity index (χ3n) is 5.02. The molecule has 0 saturated heterocycles. The van der Waals surface area contributed by atoms with Crippen LogP contribution in [0.25, 0.3) is 12.2 Å². The lowest BCUT2D eigenvalue weighted by molar-refractivity contribution is 0.359. The van der Waals surface area contributed by atoms with Gasteiger partial charge in [0.15, 0.2) is 11.6 Å². The summed E-state index contributed by atoms with van der Waals surface area (Å²) in [6.07, 6.45) is 9.30. The first-order valence-corrected chi connectivity index (χ1v) is 9.02. The lowest BCUT2D eigenvalue weighted by Crippen LogP contribution is -2.08. The molecule has 0 aliphatic heterocycles. The Morgan fingerprint density at radius 3 is 2.19 bits per heavy atom. The normalized spacial score (nSPS) is 15.4. The van der Waals surface area contributed by atoms with Crippen LogP contribution >= 0.6 is 0 Å². The number of hydrogen-bond donors (Lipinski definition) is 0.